The Morgan fingerprint density at radius 2 is 2.04 bits per heavy atom. The van der Waals surface area contributed by atoms with Crippen LogP contribution in [0.4, 0.5) is 23.7 Å². The van der Waals surface area contributed by atoms with Gasteiger partial charge in [0, 0.05) is 13.1 Å². The van der Waals surface area contributed by atoms with Gasteiger partial charge in [-0.25, -0.2) is 4.79 Å². The van der Waals surface area contributed by atoms with Crippen LogP contribution < -0.4 is 5.32 Å². The van der Waals surface area contributed by atoms with Gasteiger partial charge in [-0.05, 0) is 6.92 Å². The number of alkyl halides is 3. The predicted octanol–water partition coefficient (Wildman–Crippen LogP) is 1.72. The van der Waals surface area contributed by atoms with Crippen molar-refractivity contribution in [2.75, 3.05) is 13.7 Å². The second-order valence-electron chi connectivity index (χ2n) is 5.76. The molecule has 27 heavy (non-hydrogen) atoms. The first-order valence-electron chi connectivity index (χ1n) is 7.70. The van der Waals surface area contributed by atoms with Gasteiger partial charge < -0.3 is 15.2 Å². The molecule has 2 rings (SSSR count). The number of carbonyl (C=O) groups is 2. The Morgan fingerprint density at radius 3 is 2.56 bits per heavy atom. The highest BCUT2D eigenvalue weighted by Gasteiger charge is 2.70. The van der Waals surface area contributed by atoms with Crippen molar-refractivity contribution in [1.29, 1.82) is 0 Å². The highest BCUT2D eigenvalue weighted by molar-refractivity contribution is 5.83. The van der Waals surface area contributed by atoms with Crippen LogP contribution in [-0.4, -0.2) is 52.5 Å². The monoisotopic (exact) mass is 391 g/mol. The summed E-state index contributed by atoms with van der Waals surface area (Å²) < 4.78 is 45.9. The molecule has 1 aliphatic heterocycles. The van der Waals surface area contributed by atoms with Gasteiger partial charge in [-0.2, -0.15) is 13.2 Å². The van der Waals surface area contributed by atoms with E-state index in [1.807, 2.05) is 0 Å². The van der Waals surface area contributed by atoms with E-state index in [0.29, 0.717) is 7.05 Å². The standard InChI is InChI=1S/C15H16F3N3O6/c1-3-27-12(22)10-11(8-6-4-5-7-9(8)21(25)26)19-13(23)20(2)14(10,24)15(16,17)18/h4-7,10-11,24H,3H2,1-2H3,(H,19,23)/t10-,11-,14-/m0/s1. The van der Waals surface area contributed by atoms with Crippen LogP contribution in [0.3, 0.4) is 0 Å². The average Bonchev–Trinajstić information content (AvgIpc) is 2.58. The van der Waals surface area contributed by atoms with Crippen LogP contribution in [-0.2, 0) is 9.53 Å². The Morgan fingerprint density at radius 1 is 1.44 bits per heavy atom. The molecule has 2 N–H and O–H groups in total. The second kappa shape index (κ2) is 7.02. The quantitative estimate of drug-likeness (QED) is 0.458. The lowest BCUT2D eigenvalue weighted by molar-refractivity contribution is -0.386. The zero-order valence-electron chi connectivity index (χ0n) is 14.2. The minimum atomic E-state index is -5.45. The number of carbonyl (C=O) groups excluding carboxylic acids is 2. The average molecular weight is 391 g/mol. The molecule has 1 heterocycles. The zero-order chi connectivity index (χ0) is 20.6. The van der Waals surface area contributed by atoms with E-state index in [-0.39, 0.29) is 17.1 Å². The Kier molecular flexibility index (Phi) is 5.31. The van der Waals surface area contributed by atoms with E-state index >= 15 is 0 Å². The number of nitrogens with one attached hydrogen (secondary N) is 1. The van der Waals surface area contributed by atoms with Gasteiger partial charge in [-0.1, -0.05) is 18.2 Å². The number of nitro benzene ring substituents is 1. The molecule has 12 heteroatoms. The molecular weight excluding hydrogens is 375 g/mol. The molecule has 0 aliphatic carbocycles. The normalized spacial score (nSPS) is 25.7. The van der Waals surface area contributed by atoms with E-state index in [1.54, 1.807) is 0 Å². The number of nitrogens with zero attached hydrogens (tertiary/aromatic N) is 2. The number of nitro groups is 1. The number of ether oxygens (including phenoxy) is 1. The number of rotatable bonds is 4. The van der Waals surface area contributed by atoms with Crippen molar-refractivity contribution < 1.29 is 37.5 Å². The number of benzene rings is 1. The third-order valence-electron chi connectivity index (χ3n) is 4.29. The minimum Gasteiger partial charge on any atom is -0.466 e. The van der Waals surface area contributed by atoms with Crippen molar-refractivity contribution in [3.05, 3.63) is 39.9 Å². The van der Waals surface area contributed by atoms with Crippen molar-refractivity contribution in [2.45, 2.75) is 24.9 Å². The van der Waals surface area contributed by atoms with E-state index < -0.39 is 46.5 Å². The smallest absolute Gasteiger partial charge is 0.437 e. The predicted molar refractivity (Wildman–Crippen MR) is 83.3 cm³/mol. The lowest BCUT2D eigenvalue weighted by Gasteiger charge is -2.48. The number of para-hydroxylation sites is 1. The summed E-state index contributed by atoms with van der Waals surface area (Å²) in [5, 5.41) is 23.8. The maximum atomic E-state index is 13.7. The van der Waals surface area contributed by atoms with Crippen LogP contribution >= 0.6 is 0 Å². The molecule has 1 saturated heterocycles. The first-order chi connectivity index (χ1) is 12.5. The van der Waals surface area contributed by atoms with Crippen LogP contribution in [0.2, 0.25) is 0 Å². The van der Waals surface area contributed by atoms with E-state index in [4.69, 9.17) is 0 Å². The first kappa shape index (κ1) is 20.4. The number of amides is 2. The fraction of sp³-hybridized carbons (Fsp3) is 0.467. The van der Waals surface area contributed by atoms with Crippen molar-refractivity contribution in [3.8, 4) is 0 Å². The topological polar surface area (TPSA) is 122 Å². The highest BCUT2D eigenvalue weighted by Crippen LogP contribution is 2.48. The van der Waals surface area contributed by atoms with Gasteiger partial charge in [0.1, 0.15) is 5.92 Å². The molecule has 3 atom stereocenters. The van der Waals surface area contributed by atoms with Gasteiger partial charge in [-0.3, -0.25) is 19.8 Å². The summed E-state index contributed by atoms with van der Waals surface area (Å²) in [6.07, 6.45) is -5.45. The number of esters is 1. The Hall–Kier alpha value is -2.89. The summed E-state index contributed by atoms with van der Waals surface area (Å²) >= 11 is 0. The number of halogens is 3. The van der Waals surface area contributed by atoms with Crippen LogP contribution in [0, 0.1) is 16.0 Å². The second-order valence-corrected chi connectivity index (χ2v) is 5.76. The summed E-state index contributed by atoms with van der Waals surface area (Å²) in [6, 6.07) is 1.46. The van der Waals surface area contributed by atoms with Crippen LogP contribution in [0.1, 0.15) is 18.5 Å². The van der Waals surface area contributed by atoms with Gasteiger partial charge in [0.25, 0.3) is 11.4 Å². The third-order valence-corrected chi connectivity index (χ3v) is 4.29. The molecule has 0 saturated carbocycles. The number of aliphatic hydroxyl groups is 1. The summed E-state index contributed by atoms with van der Waals surface area (Å²) in [5.41, 5.74) is -4.92. The molecule has 0 unspecified atom stereocenters. The zero-order valence-corrected chi connectivity index (χ0v) is 14.2. The van der Waals surface area contributed by atoms with Crippen LogP contribution in [0.5, 0.6) is 0 Å². The molecule has 2 amide bonds. The lowest BCUT2D eigenvalue weighted by Crippen LogP contribution is -2.73. The molecule has 1 fully saturated rings. The van der Waals surface area contributed by atoms with E-state index in [9.17, 15) is 38.0 Å². The molecule has 148 valence electrons. The van der Waals surface area contributed by atoms with Gasteiger partial charge >= 0.3 is 18.2 Å². The van der Waals surface area contributed by atoms with Gasteiger partial charge in [0.15, 0.2) is 0 Å². The fourth-order valence-corrected chi connectivity index (χ4v) is 2.98. The summed E-state index contributed by atoms with van der Waals surface area (Å²) in [4.78, 5) is 34.7. The van der Waals surface area contributed by atoms with E-state index in [1.165, 1.54) is 19.1 Å². The van der Waals surface area contributed by atoms with Crippen molar-refractivity contribution in [1.82, 2.24) is 10.2 Å². The molecule has 9 nitrogen and oxygen atoms in total. The molecule has 0 bridgehead atoms. The Bertz CT molecular complexity index is 771. The third kappa shape index (κ3) is 3.27. The van der Waals surface area contributed by atoms with Gasteiger partial charge in [0.05, 0.1) is 23.1 Å². The first-order valence-corrected chi connectivity index (χ1v) is 7.70. The van der Waals surface area contributed by atoms with E-state index in [2.05, 4.69) is 10.1 Å². The van der Waals surface area contributed by atoms with Crippen LogP contribution in [0.25, 0.3) is 0 Å². The SMILES string of the molecule is CCOC(=O)[C@@H]1[C@H](c2ccccc2[N+](=O)[O-])NC(=O)N(C)[C@@]1(O)C(F)(F)F. The Labute approximate surface area is 150 Å². The largest absolute Gasteiger partial charge is 0.466 e. The van der Waals surface area contributed by atoms with Gasteiger partial charge in [0.2, 0.25) is 0 Å². The lowest BCUT2D eigenvalue weighted by atomic mass is 9.80. The summed E-state index contributed by atoms with van der Waals surface area (Å²) in [7, 11) is 0.657. The summed E-state index contributed by atoms with van der Waals surface area (Å²) in [5.74, 6) is -3.87. The van der Waals surface area contributed by atoms with Gasteiger partial charge in [-0.15, -0.1) is 0 Å². The number of hydrogen-bond acceptors (Lipinski definition) is 6. The van der Waals surface area contributed by atoms with E-state index in [0.717, 1.165) is 12.1 Å². The van der Waals surface area contributed by atoms with Crippen molar-refractivity contribution in [2.24, 2.45) is 5.92 Å². The highest BCUT2D eigenvalue weighted by atomic mass is 19.4. The summed E-state index contributed by atoms with van der Waals surface area (Å²) in [6.45, 7) is 1.04. The Balaban J connectivity index is 2.73. The minimum absolute atomic E-state index is 0.0696. The molecule has 0 radical (unpaired) electrons. The molecule has 1 aromatic rings. The maximum absolute atomic E-state index is 13.7. The molecule has 1 aliphatic rings. The number of hydrogen-bond donors (Lipinski definition) is 2. The maximum Gasteiger partial charge on any atom is 0.437 e. The molecular formula is C15H16F3N3O6. The fourth-order valence-electron chi connectivity index (χ4n) is 2.98. The number of urea groups is 1. The molecule has 0 spiro atoms. The van der Waals surface area contributed by atoms with Crippen LogP contribution in [0.15, 0.2) is 24.3 Å². The molecule has 1 aromatic carbocycles. The molecule has 0 aromatic heterocycles. The van der Waals surface area contributed by atoms with Crippen molar-refractivity contribution >= 4 is 17.7 Å². The van der Waals surface area contributed by atoms with Crippen molar-refractivity contribution in [3.63, 3.8) is 0 Å².